The first-order valence-electron chi connectivity index (χ1n) is 7.39. The van der Waals surface area contributed by atoms with Crippen molar-refractivity contribution < 1.29 is 18.3 Å². The molecule has 122 valence electrons. The van der Waals surface area contributed by atoms with Crippen LogP contribution >= 0.6 is 0 Å². The predicted octanol–water partition coefficient (Wildman–Crippen LogP) is 2.64. The fraction of sp³-hybridized carbons (Fsp3) is 0.294. The van der Waals surface area contributed by atoms with Crippen LogP contribution in [0.1, 0.15) is 23.7 Å². The highest BCUT2D eigenvalue weighted by molar-refractivity contribution is 7.92. The molecule has 23 heavy (non-hydrogen) atoms. The third-order valence-electron chi connectivity index (χ3n) is 4.12. The van der Waals surface area contributed by atoms with Crippen molar-refractivity contribution >= 4 is 15.7 Å². The Hall–Kier alpha value is -2.05. The van der Waals surface area contributed by atoms with E-state index in [0.717, 1.165) is 5.56 Å². The molecule has 6 heteroatoms. The maximum absolute atomic E-state index is 13.0. The molecule has 0 fully saturated rings. The molecule has 3 rings (SSSR count). The van der Waals surface area contributed by atoms with Crippen LogP contribution in [-0.4, -0.2) is 27.2 Å². The van der Waals surface area contributed by atoms with Gasteiger partial charge in [0.25, 0.3) is 10.0 Å². The summed E-state index contributed by atoms with van der Waals surface area (Å²) in [5.74, 6) is 0.651. The van der Waals surface area contributed by atoms with Gasteiger partial charge in [0, 0.05) is 12.1 Å². The second kappa shape index (κ2) is 5.86. The Morgan fingerprint density at radius 3 is 2.65 bits per heavy atom. The Labute approximate surface area is 136 Å². The third kappa shape index (κ3) is 2.68. The number of fused-ring (bicyclic) bond motifs is 1. The third-order valence-corrected chi connectivity index (χ3v) is 5.93. The number of nitrogens with zero attached hydrogens (tertiary/aromatic N) is 1. The van der Waals surface area contributed by atoms with E-state index >= 15 is 0 Å². The summed E-state index contributed by atoms with van der Waals surface area (Å²) in [5, 5.41) is 10.1. The zero-order valence-corrected chi connectivity index (χ0v) is 13.9. The van der Waals surface area contributed by atoms with Crippen molar-refractivity contribution in [3.8, 4) is 5.75 Å². The fourth-order valence-electron chi connectivity index (χ4n) is 2.90. The van der Waals surface area contributed by atoms with E-state index in [0.29, 0.717) is 23.4 Å². The lowest BCUT2D eigenvalue weighted by atomic mass is 10.0. The number of ether oxygens (including phenoxy) is 1. The van der Waals surface area contributed by atoms with Gasteiger partial charge in [-0.25, -0.2) is 8.42 Å². The van der Waals surface area contributed by atoms with Crippen LogP contribution in [0, 0.1) is 6.92 Å². The summed E-state index contributed by atoms with van der Waals surface area (Å²) < 4.78 is 32.6. The molecular weight excluding hydrogens is 314 g/mol. The van der Waals surface area contributed by atoms with Crippen molar-refractivity contribution in [2.75, 3.05) is 18.0 Å². The number of benzene rings is 2. The molecule has 0 aliphatic carbocycles. The summed E-state index contributed by atoms with van der Waals surface area (Å²) in [6.07, 6.45) is -0.249. The van der Waals surface area contributed by atoms with Crippen LogP contribution in [0.2, 0.25) is 0 Å². The van der Waals surface area contributed by atoms with Gasteiger partial charge in [-0.2, -0.15) is 0 Å². The zero-order valence-electron chi connectivity index (χ0n) is 13.1. The van der Waals surface area contributed by atoms with Crippen LogP contribution in [0.5, 0.6) is 5.75 Å². The molecule has 0 saturated heterocycles. The number of aliphatic hydroxyl groups excluding tert-OH is 1. The van der Waals surface area contributed by atoms with Crippen molar-refractivity contribution in [2.45, 2.75) is 24.3 Å². The summed E-state index contributed by atoms with van der Waals surface area (Å²) >= 11 is 0. The minimum atomic E-state index is -3.68. The van der Waals surface area contributed by atoms with E-state index in [-0.39, 0.29) is 11.4 Å². The Morgan fingerprint density at radius 1 is 1.22 bits per heavy atom. The molecule has 0 amide bonds. The van der Waals surface area contributed by atoms with Crippen LogP contribution in [0.25, 0.3) is 0 Å². The average Bonchev–Trinajstić information content (AvgIpc) is 2.55. The van der Waals surface area contributed by atoms with Gasteiger partial charge in [0.05, 0.1) is 23.8 Å². The molecule has 1 unspecified atom stereocenters. The standard InChI is InChI=1S/C17H19NO4S/c1-12-11-13(7-8-17(12)22-2)23(20,21)18-10-9-16(19)14-5-3-4-6-15(14)18/h3-8,11,16,19H,9-10H2,1-2H3. The van der Waals surface area contributed by atoms with Gasteiger partial charge in [0.1, 0.15) is 5.75 Å². The lowest BCUT2D eigenvalue weighted by Gasteiger charge is -2.33. The molecule has 0 saturated carbocycles. The summed E-state index contributed by atoms with van der Waals surface area (Å²) in [6, 6.07) is 11.9. The van der Waals surface area contributed by atoms with Gasteiger partial charge in [0.2, 0.25) is 0 Å². The molecule has 2 aromatic rings. The number of hydrogen-bond donors (Lipinski definition) is 1. The molecule has 1 aliphatic heterocycles. The maximum atomic E-state index is 13.0. The van der Waals surface area contributed by atoms with E-state index in [2.05, 4.69) is 0 Å². The molecule has 1 N–H and O–H groups in total. The van der Waals surface area contributed by atoms with E-state index in [1.165, 1.54) is 4.31 Å². The summed E-state index contributed by atoms with van der Waals surface area (Å²) in [4.78, 5) is 0.224. The van der Waals surface area contributed by atoms with Gasteiger partial charge in [-0.15, -0.1) is 0 Å². The second-order valence-corrected chi connectivity index (χ2v) is 7.43. The van der Waals surface area contributed by atoms with Gasteiger partial charge in [-0.3, -0.25) is 4.31 Å². The zero-order chi connectivity index (χ0) is 16.6. The van der Waals surface area contributed by atoms with E-state index in [4.69, 9.17) is 4.74 Å². The minimum absolute atomic E-state index is 0.224. The minimum Gasteiger partial charge on any atom is -0.496 e. The first-order valence-corrected chi connectivity index (χ1v) is 8.83. The highest BCUT2D eigenvalue weighted by atomic mass is 32.2. The number of anilines is 1. The fourth-order valence-corrected chi connectivity index (χ4v) is 4.49. The molecule has 1 heterocycles. The number of rotatable bonds is 3. The maximum Gasteiger partial charge on any atom is 0.264 e. The first kappa shape index (κ1) is 15.8. The first-order chi connectivity index (χ1) is 10.9. The van der Waals surface area contributed by atoms with Crippen LogP contribution in [0.3, 0.4) is 0 Å². The van der Waals surface area contributed by atoms with Gasteiger partial charge >= 0.3 is 0 Å². The monoisotopic (exact) mass is 333 g/mol. The Kier molecular flexibility index (Phi) is 4.04. The Balaban J connectivity index is 2.07. The molecule has 0 bridgehead atoms. The number of para-hydroxylation sites is 1. The molecule has 2 aromatic carbocycles. The van der Waals surface area contributed by atoms with Gasteiger partial charge in [-0.05, 0) is 43.2 Å². The quantitative estimate of drug-likeness (QED) is 0.938. The summed E-state index contributed by atoms with van der Waals surface area (Å²) in [5.41, 5.74) is 1.95. The highest BCUT2D eigenvalue weighted by Crippen LogP contribution is 2.37. The number of hydrogen-bond acceptors (Lipinski definition) is 4. The average molecular weight is 333 g/mol. The van der Waals surface area contributed by atoms with Crippen molar-refractivity contribution in [1.29, 1.82) is 0 Å². The van der Waals surface area contributed by atoms with E-state index in [9.17, 15) is 13.5 Å². The lowest BCUT2D eigenvalue weighted by Crippen LogP contribution is -2.36. The van der Waals surface area contributed by atoms with Crippen LogP contribution < -0.4 is 9.04 Å². The Bertz CT molecular complexity index is 832. The molecular formula is C17H19NO4S. The molecule has 1 atom stereocenters. The number of sulfonamides is 1. The van der Waals surface area contributed by atoms with Crippen molar-refractivity contribution in [3.05, 3.63) is 53.6 Å². The van der Waals surface area contributed by atoms with Crippen molar-refractivity contribution in [2.24, 2.45) is 0 Å². The highest BCUT2D eigenvalue weighted by Gasteiger charge is 2.32. The lowest BCUT2D eigenvalue weighted by molar-refractivity contribution is 0.166. The predicted molar refractivity (Wildman–Crippen MR) is 88.3 cm³/mol. The van der Waals surface area contributed by atoms with Crippen LogP contribution in [-0.2, 0) is 10.0 Å². The van der Waals surface area contributed by atoms with Crippen molar-refractivity contribution in [1.82, 2.24) is 0 Å². The van der Waals surface area contributed by atoms with Crippen molar-refractivity contribution in [3.63, 3.8) is 0 Å². The molecule has 0 radical (unpaired) electrons. The number of aryl methyl sites for hydroxylation is 1. The second-order valence-electron chi connectivity index (χ2n) is 5.57. The molecule has 0 spiro atoms. The molecule has 0 aromatic heterocycles. The van der Waals surface area contributed by atoms with Crippen LogP contribution in [0.15, 0.2) is 47.4 Å². The van der Waals surface area contributed by atoms with Crippen LogP contribution in [0.4, 0.5) is 5.69 Å². The summed E-state index contributed by atoms with van der Waals surface area (Å²) in [7, 11) is -2.13. The summed E-state index contributed by atoms with van der Waals surface area (Å²) in [6.45, 7) is 2.07. The smallest absolute Gasteiger partial charge is 0.264 e. The van der Waals surface area contributed by atoms with E-state index < -0.39 is 16.1 Å². The normalized spacial score (nSPS) is 17.7. The van der Waals surface area contributed by atoms with Gasteiger partial charge < -0.3 is 9.84 Å². The van der Waals surface area contributed by atoms with Gasteiger partial charge in [0.15, 0.2) is 0 Å². The van der Waals surface area contributed by atoms with E-state index in [1.807, 2.05) is 6.92 Å². The number of aliphatic hydroxyl groups is 1. The SMILES string of the molecule is COc1ccc(S(=O)(=O)N2CCC(O)c3ccccc32)cc1C. The number of methoxy groups -OCH3 is 1. The molecule has 5 nitrogen and oxygen atoms in total. The Morgan fingerprint density at radius 2 is 1.96 bits per heavy atom. The van der Waals surface area contributed by atoms with E-state index in [1.54, 1.807) is 49.6 Å². The largest absolute Gasteiger partial charge is 0.496 e. The topological polar surface area (TPSA) is 66.8 Å². The molecule has 1 aliphatic rings. The van der Waals surface area contributed by atoms with Gasteiger partial charge in [-0.1, -0.05) is 18.2 Å².